The van der Waals surface area contributed by atoms with E-state index in [1.807, 2.05) is 25.1 Å². The smallest absolute Gasteiger partial charge is 0.251 e. The van der Waals surface area contributed by atoms with E-state index in [1.165, 1.54) is 0 Å². The van der Waals surface area contributed by atoms with Crippen molar-refractivity contribution in [3.05, 3.63) is 29.6 Å². The average Bonchev–Trinajstić information content (AvgIpc) is 2.83. The second kappa shape index (κ2) is 5.48. The summed E-state index contributed by atoms with van der Waals surface area (Å²) < 4.78 is 2.27. The third-order valence-electron chi connectivity index (χ3n) is 4.11. The third kappa shape index (κ3) is 2.53. The van der Waals surface area contributed by atoms with Crippen molar-refractivity contribution in [2.24, 2.45) is 0 Å². The molecule has 1 aliphatic rings. The van der Waals surface area contributed by atoms with Gasteiger partial charge in [0.2, 0.25) is 0 Å². The van der Waals surface area contributed by atoms with E-state index < -0.39 is 0 Å². The molecular formula is C16H22N4O. The largest absolute Gasteiger partial charge is 0.352 e. The van der Waals surface area contributed by atoms with Gasteiger partial charge in [0, 0.05) is 31.2 Å². The van der Waals surface area contributed by atoms with Crippen LogP contribution in [0.2, 0.25) is 0 Å². The number of nitrogens with zero attached hydrogens (tertiary/aromatic N) is 3. The molecule has 112 valence electrons. The standard InChI is InChI=1S/C16H22N4O/c1-4-17-16(21)12-5-6-14-13(9-12)18-15-10-19(11(2)3)7-8-20(14)15/h5-6,9,11H,4,7-8,10H2,1-3H3,(H,17,21). The number of fused-ring (bicyclic) bond motifs is 3. The molecule has 2 heterocycles. The predicted molar refractivity (Wildman–Crippen MR) is 83.3 cm³/mol. The highest BCUT2D eigenvalue weighted by atomic mass is 16.1. The Labute approximate surface area is 125 Å². The number of nitrogens with one attached hydrogen (secondary N) is 1. The van der Waals surface area contributed by atoms with E-state index in [0.717, 1.165) is 36.5 Å². The summed E-state index contributed by atoms with van der Waals surface area (Å²) in [6.45, 7) is 9.88. The highest BCUT2D eigenvalue weighted by Gasteiger charge is 2.22. The second-order valence-electron chi connectivity index (χ2n) is 5.81. The van der Waals surface area contributed by atoms with Crippen molar-refractivity contribution in [1.82, 2.24) is 19.8 Å². The Balaban J connectivity index is 1.96. The van der Waals surface area contributed by atoms with Gasteiger partial charge < -0.3 is 9.88 Å². The summed E-state index contributed by atoms with van der Waals surface area (Å²) in [6.07, 6.45) is 0. The van der Waals surface area contributed by atoms with Crippen LogP contribution in [0.4, 0.5) is 0 Å². The highest BCUT2D eigenvalue weighted by Crippen LogP contribution is 2.22. The van der Waals surface area contributed by atoms with E-state index in [-0.39, 0.29) is 5.91 Å². The molecule has 1 aliphatic heterocycles. The van der Waals surface area contributed by atoms with Gasteiger partial charge in [0.15, 0.2) is 0 Å². The number of rotatable bonds is 3. The van der Waals surface area contributed by atoms with Crippen molar-refractivity contribution in [1.29, 1.82) is 0 Å². The number of carbonyl (C=O) groups is 1. The third-order valence-corrected chi connectivity index (χ3v) is 4.11. The van der Waals surface area contributed by atoms with E-state index in [4.69, 9.17) is 4.98 Å². The van der Waals surface area contributed by atoms with Gasteiger partial charge >= 0.3 is 0 Å². The van der Waals surface area contributed by atoms with Crippen molar-refractivity contribution in [2.75, 3.05) is 13.1 Å². The van der Waals surface area contributed by atoms with Gasteiger partial charge in [0.1, 0.15) is 5.82 Å². The summed E-state index contributed by atoms with van der Waals surface area (Å²) in [5, 5.41) is 2.83. The first-order valence-electron chi connectivity index (χ1n) is 7.61. The number of imidazole rings is 1. The lowest BCUT2D eigenvalue weighted by atomic mass is 10.2. The first-order chi connectivity index (χ1) is 10.1. The number of hydrogen-bond acceptors (Lipinski definition) is 3. The van der Waals surface area contributed by atoms with Crippen molar-refractivity contribution in [3.63, 3.8) is 0 Å². The molecule has 0 spiro atoms. The number of amides is 1. The Morgan fingerprint density at radius 1 is 1.38 bits per heavy atom. The molecule has 1 amide bonds. The summed E-state index contributed by atoms with van der Waals surface area (Å²) in [4.78, 5) is 19.1. The minimum absolute atomic E-state index is 0.0332. The van der Waals surface area contributed by atoms with E-state index >= 15 is 0 Å². The van der Waals surface area contributed by atoms with Gasteiger partial charge in [-0.15, -0.1) is 0 Å². The molecule has 0 fully saturated rings. The molecule has 0 radical (unpaired) electrons. The van der Waals surface area contributed by atoms with E-state index in [2.05, 4.69) is 28.6 Å². The zero-order chi connectivity index (χ0) is 15.0. The van der Waals surface area contributed by atoms with Gasteiger partial charge in [-0.2, -0.15) is 0 Å². The first kappa shape index (κ1) is 14.1. The van der Waals surface area contributed by atoms with Crippen LogP contribution in [-0.4, -0.2) is 39.5 Å². The van der Waals surface area contributed by atoms with Gasteiger partial charge in [-0.1, -0.05) is 0 Å². The van der Waals surface area contributed by atoms with Crippen LogP contribution in [0.5, 0.6) is 0 Å². The number of aromatic nitrogens is 2. The SMILES string of the molecule is CCNC(=O)c1ccc2c(c1)nc1n2CCN(C(C)C)C1. The van der Waals surface area contributed by atoms with Crippen LogP contribution < -0.4 is 5.32 Å². The van der Waals surface area contributed by atoms with Crippen LogP contribution >= 0.6 is 0 Å². The van der Waals surface area contributed by atoms with Gasteiger partial charge in [-0.3, -0.25) is 9.69 Å². The maximum atomic E-state index is 11.9. The minimum Gasteiger partial charge on any atom is -0.352 e. The normalized spacial score (nSPS) is 15.4. The number of benzene rings is 1. The molecule has 5 heteroatoms. The Hall–Kier alpha value is -1.88. The molecule has 2 aromatic rings. The van der Waals surface area contributed by atoms with E-state index in [0.29, 0.717) is 18.2 Å². The van der Waals surface area contributed by atoms with E-state index in [9.17, 15) is 4.79 Å². The Morgan fingerprint density at radius 3 is 2.90 bits per heavy atom. The van der Waals surface area contributed by atoms with Crippen LogP contribution in [0.3, 0.4) is 0 Å². The molecule has 0 unspecified atom stereocenters. The fourth-order valence-corrected chi connectivity index (χ4v) is 2.88. The van der Waals surface area contributed by atoms with Crippen molar-refractivity contribution >= 4 is 16.9 Å². The number of hydrogen-bond donors (Lipinski definition) is 1. The van der Waals surface area contributed by atoms with Crippen molar-refractivity contribution in [2.45, 2.75) is 39.9 Å². The predicted octanol–water partition coefficient (Wildman–Crippen LogP) is 2.01. The first-order valence-corrected chi connectivity index (χ1v) is 7.61. The maximum absolute atomic E-state index is 11.9. The zero-order valence-corrected chi connectivity index (χ0v) is 12.9. The van der Waals surface area contributed by atoms with Gasteiger partial charge in [-0.25, -0.2) is 4.98 Å². The molecule has 1 N–H and O–H groups in total. The highest BCUT2D eigenvalue weighted by molar-refractivity contribution is 5.97. The maximum Gasteiger partial charge on any atom is 0.251 e. The average molecular weight is 286 g/mol. The molecule has 1 aromatic carbocycles. The van der Waals surface area contributed by atoms with Crippen LogP contribution in [-0.2, 0) is 13.1 Å². The quantitative estimate of drug-likeness (QED) is 0.939. The number of carbonyl (C=O) groups excluding carboxylic acids is 1. The fraction of sp³-hybridized carbons (Fsp3) is 0.500. The summed E-state index contributed by atoms with van der Waals surface area (Å²) in [7, 11) is 0. The summed E-state index contributed by atoms with van der Waals surface area (Å²) in [5.74, 6) is 1.06. The lowest BCUT2D eigenvalue weighted by molar-refractivity contribution is 0.0956. The van der Waals surface area contributed by atoms with E-state index in [1.54, 1.807) is 0 Å². The minimum atomic E-state index is -0.0332. The van der Waals surface area contributed by atoms with Crippen LogP contribution in [0.1, 0.15) is 37.0 Å². The Bertz CT molecular complexity index is 674. The second-order valence-corrected chi connectivity index (χ2v) is 5.81. The zero-order valence-electron chi connectivity index (χ0n) is 12.9. The summed E-state index contributed by atoms with van der Waals surface area (Å²) in [5.41, 5.74) is 2.72. The molecular weight excluding hydrogens is 264 g/mol. The van der Waals surface area contributed by atoms with Gasteiger partial charge in [0.05, 0.1) is 17.6 Å². The fourth-order valence-electron chi connectivity index (χ4n) is 2.88. The molecule has 3 rings (SSSR count). The summed E-state index contributed by atoms with van der Waals surface area (Å²) >= 11 is 0. The molecule has 21 heavy (non-hydrogen) atoms. The monoisotopic (exact) mass is 286 g/mol. The molecule has 0 saturated heterocycles. The summed E-state index contributed by atoms with van der Waals surface area (Å²) in [6, 6.07) is 6.33. The van der Waals surface area contributed by atoms with Crippen LogP contribution in [0.15, 0.2) is 18.2 Å². The molecule has 0 aliphatic carbocycles. The lowest BCUT2D eigenvalue weighted by Gasteiger charge is -2.30. The van der Waals surface area contributed by atoms with Crippen molar-refractivity contribution in [3.8, 4) is 0 Å². The Morgan fingerprint density at radius 2 is 2.19 bits per heavy atom. The van der Waals surface area contributed by atoms with Gasteiger partial charge in [-0.05, 0) is 39.0 Å². The van der Waals surface area contributed by atoms with Crippen LogP contribution in [0, 0.1) is 0 Å². The molecule has 5 nitrogen and oxygen atoms in total. The topological polar surface area (TPSA) is 50.2 Å². The molecule has 0 atom stereocenters. The molecule has 0 saturated carbocycles. The molecule has 1 aromatic heterocycles. The lowest BCUT2D eigenvalue weighted by Crippen LogP contribution is -2.38. The Kier molecular flexibility index (Phi) is 3.68. The van der Waals surface area contributed by atoms with Gasteiger partial charge in [0.25, 0.3) is 5.91 Å². The van der Waals surface area contributed by atoms with Crippen LogP contribution in [0.25, 0.3) is 11.0 Å². The molecule has 0 bridgehead atoms. The van der Waals surface area contributed by atoms with Crippen molar-refractivity contribution < 1.29 is 4.79 Å².